The smallest absolute Gasteiger partial charge is 0.241 e. The zero-order valence-electron chi connectivity index (χ0n) is 12.5. The molecule has 0 saturated heterocycles. The van der Waals surface area contributed by atoms with Gasteiger partial charge in [0.2, 0.25) is 11.7 Å². The molecule has 0 amide bonds. The van der Waals surface area contributed by atoms with Crippen LogP contribution in [0.25, 0.3) is 11.4 Å². The summed E-state index contributed by atoms with van der Waals surface area (Å²) in [6.07, 6.45) is 1.01. The summed E-state index contributed by atoms with van der Waals surface area (Å²) in [6, 6.07) is 7.51. The molecular weight excluding hydrogens is 270 g/mol. The largest absolute Gasteiger partial charge is 0.497 e. The van der Waals surface area contributed by atoms with Crippen LogP contribution in [0.4, 0.5) is 0 Å². The van der Waals surface area contributed by atoms with E-state index in [1.54, 1.807) is 7.11 Å². The van der Waals surface area contributed by atoms with Crippen molar-refractivity contribution in [3.05, 3.63) is 30.2 Å². The van der Waals surface area contributed by atoms with Crippen LogP contribution in [0.2, 0.25) is 0 Å². The topological polar surface area (TPSA) is 71.6 Å². The highest BCUT2D eigenvalue weighted by atomic mass is 16.5. The van der Waals surface area contributed by atoms with Crippen molar-refractivity contribution < 1.29 is 14.4 Å². The summed E-state index contributed by atoms with van der Waals surface area (Å²) in [4.78, 5) is 6.49. The molecule has 1 aromatic carbocycles. The number of aromatic nitrogens is 2. The number of aliphatic hydroxyl groups is 1. The lowest BCUT2D eigenvalue weighted by molar-refractivity contribution is 0.174. The van der Waals surface area contributed by atoms with Gasteiger partial charge in [0.25, 0.3) is 0 Å². The van der Waals surface area contributed by atoms with Gasteiger partial charge in [-0.05, 0) is 37.2 Å². The molecule has 0 aliphatic carbocycles. The van der Waals surface area contributed by atoms with Crippen molar-refractivity contribution >= 4 is 0 Å². The number of ether oxygens (including phenoxy) is 1. The first kappa shape index (κ1) is 15.5. The summed E-state index contributed by atoms with van der Waals surface area (Å²) >= 11 is 0. The minimum atomic E-state index is 0.124. The van der Waals surface area contributed by atoms with Crippen molar-refractivity contribution in [2.24, 2.45) is 0 Å². The second kappa shape index (κ2) is 7.75. The predicted octanol–water partition coefficient (Wildman–Crippen LogP) is 1.95. The van der Waals surface area contributed by atoms with E-state index in [9.17, 15) is 0 Å². The highest BCUT2D eigenvalue weighted by Crippen LogP contribution is 2.20. The molecule has 21 heavy (non-hydrogen) atoms. The number of hydrogen-bond donors (Lipinski definition) is 1. The Labute approximate surface area is 124 Å². The first-order valence-electron chi connectivity index (χ1n) is 7.07. The lowest BCUT2D eigenvalue weighted by Gasteiger charge is -2.17. The molecule has 0 bridgehead atoms. The van der Waals surface area contributed by atoms with Crippen molar-refractivity contribution in [2.45, 2.75) is 19.9 Å². The predicted molar refractivity (Wildman–Crippen MR) is 78.9 cm³/mol. The lowest BCUT2D eigenvalue weighted by atomic mass is 10.2. The summed E-state index contributed by atoms with van der Waals surface area (Å²) in [6.45, 7) is 4.27. The van der Waals surface area contributed by atoms with Crippen molar-refractivity contribution in [1.82, 2.24) is 15.0 Å². The molecule has 114 valence electrons. The van der Waals surface area contributed by atoms with Crippen LogP contribution in [0.1, 0.15) is 19.2 Å². The zero-order valence-corrected chi connectivity index (χ0v) is 12.5. The van der Waals surface area contributed by atoms with Crippen LogP contribution in [-0.2, 0) is 6.54 Å². The fourth-order valence-electron chi connectivity index (χ4n) is 2.10. The van der Waals surface area contributed by atoms with Gasteiger partial charge in [0.1, 0.15) is 5.75 Å². The Kier molecular flexibility index (Phi) is 5.71. The molecule has 6 heteroatoms. The maximum atomic E-state index is 9.05. The van der Waals surface area contributed by atoms with E-state index in [2.05, 4.69) is 22.0 Å². The molecule has 0 spiro atoms. The first-order valence-corrected chi connectivity index (χ1v) is 7.07. The van der Waals surface area contributed by atoms with E-state index in [4.69, 9.17) is 14.4 Å². The molecule has 0 fully saturated rings. The SMILES string of the molecule is CCCN(CCO)Cc1nc(-c2ccc(OC)cc2)no1. The maximum Gasteiger partial charge on any atom is 0.241 e. The van der Waals surface area contributed by atoms with E-state index in [1.165, 1.54) is 0 Å². The summed E-state index contributed by atoms with van der Waals surface area (Å²) < 4.78 is 10.4. The second-order valence-electron chi connectivity index (χ2n) is 4.74. The van der Waals surface area contributed by atoms with Crippen LogP contribution in [0.3, 0.4) is 0 Å². The highest BCUT2D eigenvalue weighted by Gasteiger charge is 2.12. The number of benzene rings is 1. The maximum absolute atomic E-state index is 9.05. The normalized spacial score (nSPS) is 11.0. The Bertz CT molecular complexity index is 533. The molecule has 0 aliphatic rings. The van der Waals surface area contributed by atoms with Gasteiger partial charge >= 0.3 is 0 Å². The van der Waals surface area contributed by atoms with E-state index < -0.39 is 0 Å². The van der Waals surface area contributed by atoms with Crippen LogP contribution in [0, 0.1) is 0 Å². The Balaban J connectivity index is 2.05. The molecule has 1 N–H and O–H groups in total. The Morgan fingerprint density at radius 3 is 2.62 bits per heavy atom. The molecule has 0 saturated carbocycles. The molecule has 0 radical (unpaired) electrons. The third-order valence-electron chi connectivity index (χ3n) is 3.13. The number of aliphatic hydroxyl groups excluding tert-OH is 1. The van der Waals surface area contributed by atoms with Crippen LogP contribution in [0.5, 0.6) is 5.75 Å². The van der Waals surface area contributed by atoms with Gasteiger partial charge in [0.15, 0.2) is 0 Å². The molecule has 0 aliphatic heterocycles. The first-order chi connectivity index (χ1) is 10.3. The van der Waals surface area contributed by atoms with Gasteiger partial charge in [-0.1, -0.05) is 12.1 Å². The highest BCUT2D eigenvalue weighted by molar-refractivity contribution is 5.55. The van der Waals surface area contributed by atoms with Gasteiger partial charge < -0.3 is 14.4 Å². The van der Waals surface area contributed by atoms with Gasteiger partial charge in [-0.25, -0.2) is 0 Å². The molecule has 2 aromatic rings. The van der Waals surface area contributed by atoms with Crippen LogP contribution >= 0.6 is 0 Å². The summed E-state index contributed by atoms with van der Waals surface area (Å²) in [5.41, 5.74) is 0.884. The molecular formula is C15H21N3O3. The Morgan fingerprint density at radius 2 is 2.00 bits per heavy atom. The molecule has 2 rings (SSSR count). The van der Waals surface area contributed by atoms with Gasteiger partial charge in [-0.3, -0.25) is 4.90 Å². The molecule has 0 atom stereocenters. The van der Waals surface area contributed by atoms with E-state index in [1.807, 2.05) is 24.3 Å². The van der Waals surface area contributed by atoms with E-state index in [0.717, 1.165) is 24.3 Å². The van der Waals surface area contributed by atoms with E-state index >= 15 is 0 Å². The Morgan fingerprint density at radius 1 is 1.24 bits per heavy atom. The van der Waals surface area contributed by atoms with E-state index in [-0.39, 0.29) is 6.61 Å². The van der Waals surface area contributed by atoms with E-state index in [0.29, 0.717) is 24.8 Å². The van der Waals surface area contributed by atoms with Gasteiger partial charge in [-0.2, -0.15) is 4.98 Å². The molecule has 1 heterocycles. The monoisotopic (exact) mass is 291 g/mol. The van der Waals surface area contributed by atoms with Crippen molar-refractivity contribution in [3.63, 3.8) is 0 Å². The van der Waals surface area contributed by atoms with Crippen LogP contribution in [-0.4, -0.2) is 47.0 Å². The van der Waals surface area contributed by atoms with Crippen LogP contribution in [0.15, 0.2) is 28.8 Å². The van der Waals surface area contributed by atoms with Gasteiger partial charge in [0.05, 0.1) is 20.3 Å². The van der Waals surface area contributed by atoms with Crippen molar-refractivity contribution in [3.8, 4) is 17.1 Å². The number of nitrogens with zero attached hydrogens (tertiary/aromatic N) is 3. The number of hydrogen-bond acceptors (Lipinski definition) is 6. The van der Waals surface area contributed by atoms with Crippen molar-refractivity contribution in [2.75, 3.05) is 26.8 Å². The summed E-state index contributed by atoms with van der Waals surface area (Å²) in [5.74, 6) is 1.91. The van der Waals surface area contributed by atoms with Gasteiger partial charge in [0, 0.05) is 12.1 Å². The fourth-order valence-corrected chi connectivity index (χ4v) is 2.10. The minimum Gasteiger partial charge on any atom is -0.497 e. The zero-order chi connectivity index (χ0) is 15.1. The van der Waals surface area contributed by atoms with Crippen molar-refractivity contribution in [1.29, 1.82) is 0 Å². The number of methoxy groups -OCH3 is 1. The molecule has 0 unspecified atom stereocenters. The standard InChI is InChI=1S/C15H21N3O3/c1-3-8-18(9-10-19)11-14-16-15(17-21-14)12-4-6-13(20-2)7-5-12/h4-7,19H,3,8-11H2,1-2H3. The molecule has 1 aromatic heterocycles. The number of rotatable bonds is 8. The average Bonchev–Trinajstić information content (AvgIpc) is 2.96. The quantitative estimate of drug-likeness (QED) is 0.801. The third-order valence-corrected chi connectivity index (χ3v) is 3.13. The third kappa shape index (κ3) is 4.27. The van der Waals surface area contributed by atoms with Crippen LogP contribution < -0.4 is 4.74 Å². The molecule has 6 nitrogen and oxygen atoms in total. The average molecular weight is 291 g/mol. The second-order valence-corrected chi connectivity index (χ2v) is 4.74. The summed E-state index contributed by atoms with van der Waals surface area (Å²) in [7, 11) is 1.63. The fraction of sp³-hybridized carbons (Fsp3) is 0.467. The minimum absolute atomic E-state index is 0.124. The van der Waals surface area contributed by atoms with Gasteiger partial charge in [-0.15, -0.1) is 0 Å². The summed E-state index contributed by atoms with van der Waals surface area (Å²) in [5, 5.41) is 13.1. The lowest BCUT2D eigenvalue weighted by Crippen LogP contribution is -2.27. The Hall–Kier alpha value is -1.92.